The molecule has 1 aromatic rings. The normalized spacial score (nSPS) is 14.0. The quantitative estimate of drug-likeness (QED) is 0.802. The molecule has 0 saturated heterocycles. The topological polar surface area (TPSA) is 47.6 Å². The molecule has 0 saturated carbocycles. The highest BCUT2D eigenvalue weighted by molar-refractivity contribution is 5.82. The van der Waals surface area contributed by atoms with Crippen LogP contribution in [-0.2, 0) is 15.1 Å². The SMILES string of the molecule is COC(=O)C(C)(NCC(C)C)c1cccc(OC)c1. The highest BCUT2D eigenvalue weighted by Gasteiger charge is 2.36. The first-order chi connectivity index (χ1) is 8.93. The van der Waals surface area contributed by atoms with Gasteiger partial charge in [0.15, 0.2) is 0 Å². The molecule has 0 aromatic heterocycles. The van der Waals surface area contributed by atoms with E-state index in [0.29, 0.717) is 5.92 Å². The van der Waals surface area contributed by atoms with Crippen molar-refractivity contribution in [2.45, 2.75) is 26.3 Å². The van der Waals surface area contributed by atoms with E-state index in [2.05, 4.69) is 19.2 Å². The number of nitrogens with one attached hydrogen (secondary N) is 1. The van der Waals surface area contributed by atoms with Crippen molar-refractivity contribution in [3.8, 4) is 5.75 Å². The summed E-state index contributed by atoms with van der Waals surface area (Å²) in [7, 11) is 3.01. The van der Waals surface area contributed by atoms with E-state index < -0.39 is 5.54 Å². The third-order valence-corrected chi connectivity index (χ3v) is 3.10. The summed E-state index contributed by atoms with van der Waals surface area (Å²) in [5.74, 6) is 0.856. The van der Waals surface area contributed by atoms with Crippen molar-refractivity contribution in [2.75, 3.05) is 20.8 Å². The molecule has 4 heteroatoms. The van der Waals surface area contributed by atoms with Crippen molar-refractivity contribution >= 4 is 5.97 Å². The van der Waals surface area contributed by atoms with Gasteiger partial charge in [0.2, 0.25) is 0 Å². The number of methoxy groups -OCH3 is 2. The number of carbonyl (C=O) groups excluding carboxylic acids is 1. The molecule has 106 valence electrons. The standard InChI is InChI=1S/C15H23NO3/c1-11(2)10-16-15(3,14(17)19-5)12-7-6-8-13(9-12)18-4/h6-9,11,16H,10H2,1-5H3. The molecule has 1 aromatic carbocycles. The maximum Gasteiger partial charge on any atom is 0.330 e. The lowest BCUT2D eigenvalue weighted by Gasteiger charge is -2.29. The van der Waals surface area contributed by atoms with Gasteiger partial charge in [0, 0.05) is 0 Å². The second-order valence-corrected chi connectivity index (χ2v) is 5.12. The third-order valence-electron chi connectivity index (χ3n) is 3.10. The summed E-state index contributed by atoms with van der Waals surface area (Å²) in [5.41, 5.74) is -0.0348. The lowest BCUT2D eigenvalue weighted by atomic mass is 9.91. The van der Waals surface area contributed by atoms with E-state index >= 15 is 0 Å². The highest BCUT2D eigenvalue weighted by Crippen LogP contribution is 2.26. The molecule has 0 aliphatic carbocycles. The Bertz CT molecular complexity index is 431. The summed E-state index contributed by atoms with van der Waals surface area (Å²) in [6.45, 7) is 6.74. The molecule has 1 atom stereocenters. The number of hydrogen-bond acceptors (Lipinski definition) is 4. The fourth-order valence-corrected chi connectivity index (χ4v) is 1.84. The molecule has 0 bridgehead atoms. The van der Waals surface area contributed by atoms with E-state index in [1.165, 1.54) is 7.11 Å². The van der Waals surface area contributed by atoms with Gasteiger partial charge in [0.1, 0.15) is 11.3 Å². The summed E-state index contributed by atoms with van der Waals surface area (Å²) >= 11 is 0. The van der Waals surface area contributed by atoms with Gasteiger partial charge in [-0.2, -0.15) is 0 Å². The molecule has 0 aliphatic rings. The van der Waals surface area contributed by atoms with Crippen molar-refractivity contribution in [3.63, 3.8) is 0 Å². The van der Waals surface area contributed by atoms with Crippen molar-refractivity contribution in [1.29, 1.82) is 0 Å². The second kappa shape index (κ2) is 6.57. The van der Waals surface area contributed by atoms with Gasteiger partial charge in [-0.3, -0.25) is 5.32 Å². The molecule has 1 rings (SSSR count). The van der Waals surface area contributed by atoms with Crippen LogP contribution in [0.5, 0.6) is 5.75 Å². The van der Waals surface area contributed by atoms with Gasteiger partial charge in [0.05, 0.1) is 14.2 Å². The van der Waals surface area contributed by atoms with Crippen LogP contribution in [0, 0.1) is 5.92 Å². The summed E-state index contributed by atoms with van der Waals surface area (Å²) in [6.07, 6.45) is 0. The van der Waals surface area contributed by atoms with Crippen LogP contribution in [0.3, 0.4) is 0 Å². The minimum absolute atomic E-state index is 0.304. The van der Waals surface area contributed by atoms with E-state index in [1.54, 1.807) is 7.11 Å². The van der Waals surface area contributed by atoms with Crippen molar-refractivity contribution in [2.24, 2.45) is 5.92 Å². The molecule has 0 fully saturated rings. The molecule has 4 nitrogen and oxygen atoms in total. The van der Waals surface area contributed by atoms with Gasteiger partial charge in [-0.1, -0.05) is 26.0 Å². The fraction of sp³-hybridized carbons (Fsp3) is 0.533. The van der Waals surface area contributed by atoms with Crippen LogP contribution in [0.15, 0.2) is 24.3 Å². The summed E-state index contributed by atoms with van der Waals surface area (Å²) in [5, 5.41) is 3.28. The largest absolute Gasteiger partial charge is 0.497 e. The molecule has 0 radical (unpaired) electrons. The van der Waals surface area contributed by atoms with Crippen LogP contribution in [0.25, 0.3) is 0 Å². The Balaban J connectivity index is 3.10. The van der Waals surface area contributed by atoms with Crippen LogP contribution in [0.2, 0.25) is 0 Å². The lowest BCUT2D eigenvalue weighted by molar-refractivity contribution is -0.148. The van der Waals surface area contributed by atoms with Crippen molar-refractivity contribution < 1.29 is 14.3 Å². The van der Waals surface area contributed by atoms with Gasteiger partial charge >= 0.3 is 5.97 Å². The minimum Gasteiger partial charge on any atom is -0.497 e. The van der Waals surface area contributed by atoms with E-state index in [-0.39, 0.29) is 5.97 Å². The van der Waals surface area contributed by atoms with E-state index in [0.717, 1.165) is 17.9 Å². The maximum absolute atomic E-state index is 12.1. The zero-order valence-corrected chi connectivity index (χ0v) is 12.3. The molecule has 0 heterocycles. The number of benzene rings is 1. The minimum atomic E-state index is -0.868. The Morgan fingerprint density at radius 1 is 1.37 bits per heavy atom. The van der Waals surface area contributed by atoms with Crippen LogP contribution in [0.1, 0.15) is 26.3 Å². The van der Waals surface area contributed by atoms with Gasteiger partial charge < -0.3 is 9.47 Å². The zero-order chi connectivity index (χ0) is 14.5. The summed E-state index contributed by atoms with van der Waals surface area (Å²) < 4.78 is 10.1. The Labute approximate surface area is 115 Å². The average Bonchev–Trinajstić information content (AvgIpc) is 2.43. The number of rotatable bonds is 6. The predicted octanol–water partition coefficient (Wildman–Crippen LogP) is 2.33. The maximum atomic E-state index is 12.1. The van der Waals surface area contributed by atoms with Crippen LogP contribution in [0.4, 0.5) is 0 Å². The zero-order valence-electron chi connectivity index (χ0n) is 12.3. The van der Waals surface area contributed by atoms with Gasteiger partial charge in [-0.25, -0.2) is 4.79 Å². The Hall–Kier alpha value is -1.55. The molecule has 0 aliphatic heterocycles. The van der Waals surface area contributed by atoms with Crippen molar-refractivity contribution in [3.05, 3.63) is 29.8 Å². The summed E-state index contributed by atoms with van der Waals surface area (Å²) in [4.78, 5) is 12.1. The number of carbonyl (C=O) groups is 1. The highest BCUT2D eigenvalue weighted by atomic mass is 16.5. The second-order valence-electron chi connectivity index (χ2n) is 5.12. The molecule has 0 amide bonds. The molecule has 1 unspecified atom stereocenters. The van der Waals surface area contributed by atoms with Gasteiger partial charge in [-0.15, -0.1) is 0 Å². The Kier molecular flexibility index (Phi) is 5.36. The Morgan fingerprint density at radius 2 is 2.05 bits per heavy atom. The third kappa shape index (κ3) is 3.70. The van der Waals surface area contributed by atoms with Crippen LogP contribution < -0.4 is 10.1 Å². The van der Waals surface area contributed by atoms with Gasteiger partial charge in [-0.05, 0) is 37.1 Å². The summed E-state index contributed by atoms with van der Waals surface area (Å²) in [6, 6.07) is 7.47. The Morgan fingerprint density at radius 3 is 2.58 bits per heavy atom. The number of esters is 1. The predicted molar refractivity (Wildman–Crippen MR) is 75.2 cm³/mol. The number of hydrogen-bond donors (Lipinski definition) is 1. The monoisotopic (exact) mass is 265 g/mol. The fourth-order valence-electron chi connectivity index (χ4n) is 1.84. The van der Waals surface area contributed by atoms with E-state index in [9.17, 15) is 4.79 Å². The van der Waals surface area contributed by atoms with Crippen LogP contribution in [-0.4, -0.2) is 26.7 Å². The first-order valence-electron chi connectivity index (χ1n) is 6.42. The first kappa shape index (κ1) is 15.5. The van der Waals surface area contributed by atoms with Crippen molar-refractivity contribution in [1.82, 2.24) is 5.32 Å². The van der Waals surface area contributed by atoms with E-state index in [1.807, 2.05) is 31.2 Å². The smallest absolute Gasteiger partial charge is 0.330 e. The molecule has 19 heavy (non-hydrogen) atoms. The van der Waals surface area contributed by atoms with E-state index in [4.69, 9.17) is 9.47 Å². The lowest BCUT2D eigenvalue weighted by Crippen LogP contribution is -2.48. The van der Waals surface area contributed by atoms with Crippen LogP contribution >= 0.6 is 0 Å². The number of ether oxygens (including phenoxy) is 2. The molecular formula is C15H23NO3. The molecule has 1 N–H and O–H groups in total. The molecular weight excluding hydrogens is 242 g/mol. The molecule has 0 spiro atoms. The first-order valence-corrected chi connectivity index (χ1v) is 6.42. The van der Waals surface area contributed by atoms with Gasteiger partial charge in [0.25, 0.3) is 0 Å². The average molecular weight is 265 g/mol.